The van der Waals surface area contributed by atoms with Gasteiger partial charge in [0.15, 0.2) is 0 Å². The quantitative estimate of drug-likeness (QED) is 0.873. The summed E-state index contributed by atoms with van der Waals surface area (Å²) >= 11 is 5.88. The number of halogens is 4. The smallest absolute Gasteiger partial charge is 0.354 e. The van der Waals surface area contributed by atoms with Gasteiger partial charge < -0.3 is 4.90 Å². The van der Waals surface area contributed by atoms with Crippen LogP contribution in [0.2, 0.25) is 5.02 Å². The summed E-state index contributed by atoms with van der Waals surface area (Å²) in [7, 11) is 3.49. The minimum absolute atomic E-state index is 0.0359. The molecule has 0 aliphatic carbocycles. The summed E-state index contributed by atoms with van der Waals surface area (Å²) in [6.45, 7) is 0.450. The van der Waals surface area contributed by atoms with E-state index < -0.39 is 11.7 Å². The molecule has 8 heteroatoms. The maximum absolute atomic E-state index is 12.5. The van der Waals surface area contributed by atoms with Crippen molar-refractivity contribution < 1.29 is 13.2 Å². The molecule has 2 heterocycles. The molecule has 2 aromatic heterocycles. The second kappa shape index (κ2) is 5.32. The summed E-state index contributed by atoms with van der Waals surface area (Å²) in [5.41, 5.74) is 0.0498. The van der Waals surface area contributed by atoms with Crippen LogP contribution in [0.25, 0.3) is 0 Å². The van der Waals surface area contributed by atoms with E-state index in [4.69, 9.17) is 11.6 Å². The second-order valence-electron chi connectivity index (χ2n) is 4.41. The SMILES string of the molecule is CN(Cc1cnn(C)c1)c1ncc(C(F)(F)F)cc1Cl. The van der Waals surface area contributed by atoms with Crippen molar-refractivity contribution in [2.45, 2.75) is 12.7 Å². The van der Waals surface area contributed by atoms with E-state index >= 15 is 0 Å². The molecule has 0 aliphatic rings. The van der Waals surface area contributed by atoms with Gasteiger partial charge in [0.2, 0.25) is 0 Å². The lowest BCUT2D eigenvalue weighted by molar-refractivity contribution is -0.137. The molecule has 0 unspecified atom stereocenters. The van der Waals surface area contributed by atoms with Crippen LogP contribution >= 0.6 is 11.6 Å². The molecule has 0 atom stereocenters. The lowest BCUT2D eigenvalue weighted by Gasteiger charge is -2.19. The second-order valence-corrected chi connectivity index (χ2v) is 4.81. The highest BCUT2D eigenvalue weighted by molar-refractivity contribution is 6.33. The number of anilines is 1. The first kappa shape index (κ1) is 14.6. The van der Waals surface area contributed by atoms with Gasteiger partial charge in [-0.25, -0.2) is 4.98 Å². The van der Waals surface area contributed by atoms with Crippen molar-refractivity contribution >= 4 is 17.4 Å². The highest BCUT2D eigenvalue weighted by Crippen LogP contribution is 2.33. The van der Waals surface area contributed by atoms with Crippen LogP contribution in [0, 0.1) is 0 Å². The minimum Gasteiger partial charge on any atom is -0.354 e. The fraction of sp³-hybridized carbons (Fsp3) is 0.333. The first-order valence-electron chi connectivity index (χ1n) is 5.69. The van der Waals surface area contributed by atoms with Gasteiger partial charge in [-0.2, -0.15) is 18.3 Å². The maximum Gasteiger partial charge on any atom is 0.417 e. The van der Waals surface area contributed by atoms with Gasteiger partial charge in [0.25, 0.3) is 0 Å². The van der Waals surface area contributed by atoms with Crippen LogP contribution in [0.15, 0.2) is 24.7 Å². The molecule has 0 saturated heterocycles. The predicted molar refractivity (Wildman–Crippen MR) is 69.6 cm³/mol. The predicted octanol–water partition coefficient (Wildman–Crippen LogP) is 3.12. The fourth-order valence-electron chi connectivity index (χ4n) is 1.77. The first-order chi connectivity index (χ1) is 9.27. The zero-order valence-corrected chi connectivity index (χ0v) is 11.6. The number of hydrogen-bond acceptors (Lipinski definition) is 3. The van der Waals surface area contributed by atoms with Crippen molar-refractivity contribution in [3.05, 3.63) is 40.8 Å². The van der Waals surface area contributed by atoms with E-state index in [-0.39, 0.29) is 5.02 Å². The summed E-state index contributed by atoms with van der Waals surface area (Å²) in [6.07, 6.45) is -0.180. The van der Waals surface area contributed by atoms with Crippen LogP contribution in [0.3, 0.4) is 0 Å². The molecule has 4 nitrogen and oxygen atoms in total. The fourth-order valence-corrected chi connectivity index (χ4v) is 2.08. The van der Waals surface area contributed by atoms with Gasteiger partial charge >= 0.3 is 6.18 Å². The maximum atomic E-state index is 12.5. The topological polar surface area (TPSA) is 34.0 Å². The minimum atomic E-state index is -4.45. The Morgan fingerprint density at radius 2 is 2.05 bits per heavy atom. The summed E-state index contributed by atoms with van der Waals surface area (Å²) in [4.78, 5) is 5.46. The van der Waals surface area contributed by atoms with Gasteiger partial charge in [-0.1, -0.05) is 11.6 Å². The number of aromatic nitrogens is 3. The number of nitrogens with zero attached hydrogens (tertiary/aromatic N) is 4. The Bertz CT molecular complexity index is 609. The molecular formula is C12H12ClF3N4. The van der Waals surface area contributed by atoms with Gasteiger partial charge in [-0.3, -0.25) is 4.68 Å². The van der Waals surface area contributed by atoms with Gasteiger partial charge in [0, 0.05) is 38.6 Å². The van der Waals surface area contributed by atoms with Crippen LogP contribution in [-0.4, -0.2) is 21.8 Å². The van der Waals surface area contributed by atoms with E-state index in [1.165, 1.54) is 0 Å². The monoisotopic (exact) mass is 304 g/mol. The Balaban J connectivity index is 2.20. The molecule has 0 bridgehead atoms. The van der Waals surface area contributed by atoms with Crippen molar-refractivity contribution in [3.8, 4) is 0 Å². The molecule has 0 aliphatic heterocycles. The number of alkyl halides is 3. The highest BCUT2D eigenvalue weighted by Gasteiger charge is 2.31. The molecule has 0 N–H and O–H groups in total. The largest absolute Gasteiger partial charge is 0.417 e. The Hall–Kier alpha value is -1.76. The molecule has 0 radical (unpaired) electrons. The summed E-state index contributed by atoms with van der Waals surface area (Å²) in [6, 6.07) is 0.879. The Morgan fingerprint density at radius 1 is 1.35 bits per heavy atom. The summed E-state index contributed by atoms with van der Waals surface area (Å²) in [5, 5.41) is 3.98. The third kappa shape index (κ3) is 3.22. The van der Waals surface area contributed by atoms with Crippen molar-refractivity contribution in [2.75, 3.05) is 11.9 Å². The molecule has 0 saturated carbocycles. The number of rotatable bonds is 3. The Kier molecular flexibility index (Phi) is 3.89. The van der Waals surface area contributed by atoms with Crippen LogP contribution in [0.5, 0.6) is 0 Å². The standard InChI is InChI=1S/C12H12ClF3N4/c1-19(6-8-4-18-20(2)7-8)11-10(13)3-9(5-17-11)12(14,15)16/h3-5,7H,6H2,1-2H3. The van der Waals surface area contributed by atoms with Gasteiger partial charge in [-0.15, -0.1) is 0 Å². The normalized spacial score (nSPS) is 11.7. The molecule has 0 spiro atoms. The van der Waals surface area contributed by atoms with Crippen molar-refractivity contribution in [2.24, 2.45) is 7.05 Å². The Morgan fingerprint density at radius 3 is 2.55 bits per heavy atom. The first-order valence-corrected chi connectivity index (χ1v) is 6.06. The number of hydrogen-bond donors (Lipinski definition) is 0. The zero-order valence-electron chi connectivity index (χ0n) is 10.8. The number of aryl methyl sites for hydroxylation is 1. The van der Waals surface area contributed by atoms with E-state index in [0.29, 0.717) is 12.4 Å². The highest BCUT2D eigenvalue weighted by atomic mass is 35.5. The molecule has 0 amide bonds. The van der Waals surface area contributed by atoms with Crippen molar-refractivity contribution in [1.29, 1.82) is 0 Å². The van der Waals surface area contributed by atoms with Crippen molar-refractivity contribution in [1.82, 2.24) is 14.8 Å². The molecular weight excluding hydrogens is 293 g/mol. The van der Waals surface area contributed by atoms with Crippen LogP contribution in [0.4, 0.5) is 19.0 Å². The zero-order chi connectivity index (χ0) is 14.9. The molecule has 2 rings (SSSR count). The number of pyridine rings is 1. The lowest BCUT2D eigenvalue weighted by atomic mass is 10.2. The van der Waals surface area contributed by atoms with Crippen molar-refractivity contribution in [3.63, 3.8) is 0 Å². The van der Waals surface area contributed by atoms with Gasteiger partial charge in [-0.05, 0) is 6.07 Å². The van der Waals surface area contributed by atoms with Crippen LogP contribution < -0.4 is 4.90 Å². The average Bonchev–Trinajstić information content (AvgIpc) is 2.73. The average molecular weight is 305 g/mol. The van der Waals surface area contributed by atoms with E-state index in [1.54, 1.807) is 29.9 Å². The third-order valence-corrected chi connectivity index (χ3v) is 2.97. The third-order valence-electron chi connectivity index (χ3n) is 2.69. The van der Waals surface area contributed by atoms with Crippen LogP contribution in [0.1, 0.15) is 11.1 Å². The lowest BCUT2D eigenvalue weighted by Crippen LogP contribution is -2.18. The van der Waals surface area contributed by atoms with Crippen LogP contribution in [-0.2, 0) is 19.8 Å². The molecule has 0 fully saturated rings. The summed E-state index contributed by atoms with van der Waals surface area (Å²) < 4.78 is 39.2. The summed E-state index contributed by atoms with van der Waals surface area (Å²) in [5.74, 6) is 0.295. The molecule has 108 valence electrons. The van der Waals surface area contributed by atoms with E-state index in [0.717, 1.165) is 17.8 Å². The van der Waals surface area contributed by atoms with E-state index in [9.17, 15) is 13.2 Å². The molecule has 20 heavy (non-hydrogen) atoms. The van der Waals surface area contributed by atoms with E-state index in [1.807, 2.05) is 6.20 Å². The van der Waals surface area contributed by atoms with E-state index in [2.05, 4.69) is 10.1 Å². The van der Waals surface area contributed by atoms with Gasteiger partial charge in [0.05, 0.1) is 16.8 Å². The molecule has 2 aromatic rings. The van der Waals surface area contributed by atoms with Gasteiger partial charge in [0.1, 0.15) is 5.82 Å². The Labute approximate surface area is 118 Å². The molecule has 0 aromatic carbocycles.